The molecule has 2 amide bonds. The summed E-state index contributed by atoms with van der Waals surface area (Å²) in [6.07, 6.45) is 1.59. The van der Waals surface area contributed by atoms with Crippen LogP contribution < -0.4 is 10.7 Å². The zero-order valence-corrected chi connectivity index (χ0v) is 17.4. The van der Waals surface area contributed by atoms with Gasteiger partial charge in [-0.3, -0.25) is 0 Å². The fourth-order valence-corrected chi connectivity index (χ4v) is 3.37. The number of carbonyl (C=O) groups is 2. The van der Waals surface area contributed by atoms with Gasteiger partial charge in [-0.05, 0) is 75.2 Å². The van der Waals surface area contributed by atoms with E-state index in [1.54, 1.807) is 24.4 Å². The molecule has 0 atom stereocenters. The van der Waals surface area contributed by atoms with E-state index in [0.29, 0.717) is 5.69 Å². The first kappa shape index (κ1) is 20.9. The fourth-order valence-electron chi connectivity index (χ4n) is 3.37. The van der Waals surface area contributed by atoms with Crippen molar-refractivity contribution in [2.75, 3.05) is 5.32 Å². The van der Waals surface area contributed by atoms with Gasteiger partial charge < -0.3 is 15.0 Å². The molecule has 0 saturated carbocycles. The van der Waals surface area contributed by atoms with Gasteiger partial charge >= 0.3 is 12.0 Å². The van der Waals surface area contributed by atoms with Gasteiger partial charge in [0, 0.05) is 28.3 Å². The monoisotopic (exact) mass is 404 g/mol. The number of carbonyl (C=O) groups excluding carboxylic acids is 1. The van der Waals surface area contributed by atoms with E-state index in [0.717, 1.165) is 33.8 Å². The van der Waals surface area contributed by atoms with Gasteiger partial charge in [-0.2, -0.15) is 5.10 Å². The predicted octanol–water partition coefficient (Wildman–Crippen LogP) is 4.56. The second kappa shape index (κ2) is 8.65. The summed E-state index contributed by atoms with van der Waals surface area (Å²) in [7, 11) is 0. The number of amides is 2. The van der Waals surface area contributed by atoms with E-state index in [2.05, 4.69) is 15.8 Å². The van der Waals surface area contributed by atoms with Crippen LogP contribution in [0.3, 0.4) is 0 Å². The predicted molar refractivity (Wildman–Crippen MR) is 118 cm³/mol. The van der Waals surface area contributed by atoms with Gasteiger partial charge in [0.15, 0.2) is 0 Å². The van der Waals surface area contributed by atoms with Crippen molar-refractivity contribution in [3.63, 3.8) is 0 Å². The highest BCUT2D eigenvalue weighted by atomic mass is 16.4. The van der Waals surface area contributed by atoms with Crippen LogP contribution in [0.5, 0.6) is 0 Å². The minimum Gasteiger partial charge on any atom is -0.478 e. The normalized spacial score (nSPS) is 10.9. The van der Waals surface area contributed by atoms with Crippen LogP contribution >= 0.6 is 0 Å². The number of nitrogens with zero attached hydrogens (tertiary/aromatic N) is 2. The Kier molecular flexibility index (Phi) is 6.01. The third-order valence-electron chi connectivity index (χ3n) is 4.80. The van der Waals surface area contributed by atoms with Gasteiger partial charge in [0.05, 0.1) is 11.8 Å². The molecule has 0 bridgehead atoms. The van der Waals surface area contributed by atoms with Crippen LogP contribution in [0.2, 0.25) is 0 Å². The Morgan fingerprint density at radius 3 is 2.47 bits per heavy atom. The summed E-state index contributed by atoms with van der Waals surface area (Å²) in [6.45, 7) is 7.75. The van der Waals surface area contributed by atoms with E-state index >= 15 is 0 Å². The molecule has 1 aromatic heterocycles. The van der Waals surface area contributed by atoms with Crippen molar-refractivity contribution in [2.45, 2.75) is 27.7 Å². The lowest BCUT2D eigenvalue weighted by Gasteiger charge is -2.13. The Morgan fingerprint density at radius 1 is 1.03 bits per heavy atom. The number of hydrogen-bond donors (Lipinski definition) is 3. The number of aromatic nitrogens is 1. The van der Waals surface area contributed by atoms with Crippen LogP contribution in [0.15, 0.2) is 53.6 Å². The molecule has 30 heavy (non-hydrogen) atoms. The molecule has 0 unspecified atom stereocenters. The van der Waals surface area contributed by atoms with Crippen LogP contribution in [-0.2, 0) is 0 Å². The number of aryl methyl sites for hydroxylation is 3. The summed E-state index contributed by atoms with van der Waals surface area (Å²) in [6, 6.07) is 14.1. The minimum absolute atomic E-state index is 0.254. The lowest BCUT2D eigenvalue weighted by Crippen LogP contribution is -2.24. The molecule has 0 aliphatic heterocycles. The Labute approximate surface area is 175 Å². The molecule has 1 heterocycles. The number of hydrogen-bond acceptors (Lipinski definition) is 3. The minimum atomic E-state index is -0.951. The molecule has 0 saturated heterocycles. The lowest BCUT2D eigenvalue weighted by molar-refractivity contribution is 0.0696. The van der Waals surface area contributed by atoms with Crippen molar-refractivity contribution in [1.82, 2.24) is 9.99 Å². The van der Waals surface area contributed by atoms with E-state index in [1.807, 2.05) is 62.6 Å². The molecule has 154 valence electrons. The lowest BCUT2D eigenvalue weighted by atomic mass is 10.1. The van der Waals surface area contributed by atoms with Crippen molar-refractivity contribution in [3.8, 4) is 5.69 Å². The first-order valence-corrected chi connectivity index (χ1v) is 9.46. The fraction of sp³-hybridized carbons (Fsp3) is 0.174. The molecule has 0 aliphatic rings. The summed E-state index contributed by atoms with van der Waals surface area (Å²) >= 11 is 0. The molecule has 3 aromatic rings. The van der Waals surface area contributed by atoms with Crippen molar-refractivity contribution >= 4 is 23.9 Å². The molecular weight excluding hydrogens is 380 g/mol. The first-order valence-electron chi connectivity index (χ1n) is 9.46. The number of rotatable bonds is 5. The SMILES string of the molecule is Cc1cccc(NC(=O)N/N=C/c2cc(C)n(-c3ccc(C(=O)O)cc3C)c2C)c1. The Morgan fingerprint density at radius 2 is 1.80 bits per heavy atom. The smallest absolute Gasteiger partial charge is 0.339 e. The third-order valence-corrected chi connectivity index (χ3v) is 4.80. The Hall–Kier alpha value is -3.87. The van der Waals surface area contributed by atoms with Gasteiger partial charge in [-0.25, -0.2) is 15.0 Å². The van der Waals surface area contributed by atoms with E-state index in [4.69, 9.17) is 5.11 Å². The molecule has 0 spiro atoms. The number of carboxylic acids is 1. The second-order valence-electron chi connectivity index (χ2n) is 7.16. The molecular formula is C23H24N4O3. The molecule has 7 nitrogen and oxygen atoms in total. The van der Waals surface area contributed by atoms with Crippen LogP contribution in [0.25, 0.3) is 5.69 Å². The number of urea groups is 1. The van der Waals surface area contributed by atoms with Crippen molar-refractivity contribution in [2.24, 2.45) is 5.10 Å². The maximum Gasteiger partial charge on any atom is 0.339 e. The highest BCUT2D eigenvalue weighted by Crippen LogP contribution is 2.23. The number of nitrogens with one attached hydrogen (secondary N) is 2. The zero-order chi connectivity index (χ0) is 21.8. The van der Waals surface area contributed by atoms with Crippen molar-refractivity contribution in [3.05, 3.63) is 82.2 Å². The number of carboxylic acid groups (broad SMARTS) is 1. The Balaban J connectivity index is 1.75. The maximum absolute atomic E-state index is 12.0. The summed E-state index contributed by atoms with van der Waals surface area (Å²) in [5.41, 5.74) is 8.99. The molecule has 2 aromatic carbocycles. The molecule has 0 fully saturated rings. The van der Waals surface area contributed by atoms with Gasteiger partial charge in [-0.1, -0.05) is 12.1 Å². The second-order valence-corrected chi connectivity index (χ2v) is 7.16. The van der Waals surface area contributed by atoms with Gasteiger partial charge in [0.1, 0.15) is 0 Å². The topological polar surface area (TPSA) is 95.7 Å². The molecule has 3 rings (SSSR count). The molecule has 3 N–H and O–H groups in total. The van der Waals surface area contributed by atoms with Gasteiger partial charge in [0.25, 0.3) is 0 Å². The summed E-state index contributed by atoms with van der Waals surface area (Å²) in [5, 5.41) is 16.0. The number of aromatic carboxylic acids is 1. The van der Waals surface area contributed by atoms with Crippen LogP contribution in [0, 0.1) is 27.7 Å². The number of hydrazone groups is 1. The summed E-state index contributed by atoms with van der Waals surface area (Å²) < 4.78 is 2.04. The summed E-state index contributed by atoms with van der Waals surface area (Å²) in [4.78, 5) is 23.2. The average Bonchev–Trinajstić information content (AvgIpc) is 2.95. The van der Waals surface area contributed by atoms with Crippen molar-refractivity contribution in [1.29, 1.82) is 0 Å². The molecule has 0 radical (unpaired) electrons. The van der Waals surface area contributed by atoms with Gasteiger partial charge in [0.2, 0.25) is 0 Å². The standard InChI is InChI=1S/C23H24N4O3/c1-14-6-5-7-20(10-14)25-23(30)26-24-13-19-12-16(3)27(17(19)4)21-9-8-18(22(28)29)11-15(21)2/h5-13H,1-4H3,(H,28,29)(H2,25,26,30)/b24-13+. The largest absolute Gasteiger partial charge is 0.478 e. The third kappa shape index (κ3) is 4.57. The van der Waals surface area contributed by atoms with E-state index in [9.17, 15) is 9.59 Å². The molecule has 7 heteroatoms. The number of anilines is 1. The highest BCUT2D eigenvalue weighted by Gasteiger charge is 2.13. The quantitative estimate of drug-likeness (QED) is 0.429. The number of benzene rings is 2. The highest BCUT2D eigenvalue weighted by molar-refractivity contribution is 5.91. The molecule has 0 aliphatic carbocycles. The average molecular weight is 404 g/mol. The van der Waals surface area contributed by atoms with Crippen LogP contribution in [0.1, 0.15) is 38.4 Å². The van der Waals surface area contributed by atoms with E-state index in [-0.39, 0.29) is 5.56 Å². The van der Waals surface area contributed by atoms with E-state index < -0.39 is 12.0 Å². The van der Waals surface area contributed by atoms with Crippen LogP contribution in [-0.4, -0.2) is 27.9 Å². The first-order chi connectivity index (χ1) is 14.3. The van der Waals surface area contributed by atoms with Crippen LogP contribution in [0.4, 0.5) is 10.5 Å². The summed E-state index contributed by atoms with van der Waals surface area (Å²) in [5.74, 6) is -0.951. The zero-order valence-electron chi connectivity index (χ0n) is 17.4. The van der Waals surface area contributed by atoms with Crippen molar-refractivity contribution < 1.29 is 14.7 Å². The van der Waals surface area contributed by atoms with E-state index in [1.165, 1.54) is 0 Å². The Bertz CT molecular complexity index is 1150. The maximum atomic E-state index is 12.0. The van der Waals surface area contributed by atoms with Gasteiger partial charge in [-0.15, -0.1) is 0 Å².